The van der Waals surface area contributed by atoms with Crippen LogP contribution in [-0.2, 0) is 13.2 Å². The molecule has 0 bridgehead atoms. The molecule has 0 unspecified atom stereocenters. The van der Waals surface area contributed by atoms with E-state index in [-0.39, 0.29) is 12.1 Å². The van der Waals surface area contributed by atoms with Crippen molar-refractivity contribution in [2.24, 2.45) is 0 Å². The molecule has 0 fully saturated rings. The molecule has 2 aromatic rings. The van der Waals surface area contributed by atoms with Gasteiger partial charge in [0.1, 0.15) is 12.4 Å². The molecule has 0 aromatic heterocycles. The van der Waals surface area contributed by atoms with Gasteiger partial charge in [-0.2, -0.15) is 0 Å². The molecule has 22 heavy (non-hydrogen) atoms. The Labute approximate surface area is 133 Å². The number of aliphatic hydroxyl groups is 1. The van der Waals surface area contributed by atoms with Gasteiger partial charge in [0.25, 0.3) is 0 Å². The van der Waals surface area contributed by atoms with E-state index in [0.29, 0.717) is 13.2 Å². The van der Waals surface area contributed by atoms with Gasteiger partial charge in [-0.15, -0.1) is 0 Å². The molecule has 0 atom stereocenters. The minimum absolute atomic E-state index is 0.0965. The molecule has 0 radical (unpaired) electrons. The monoisotopic (exact) mass is 299 g/mol. The predicted octanol–water partition coefficient (Wildman–Crippen LogP) is 3.43. The standard InChI is InChI=1S/C19H25NO2/c1-15-7-6-8-16(11-15)13-22-18-10-5-4-9-17(18)12-20-19(2,3)14-21/h4-11,20-21H,12-14H2,1-3H3. The largest absolute Gasteiger partial charge is 0.489 e. The molecule has 0 aliphatic heterocycles. The van der Waals surface area contributed by atoms with Gasteiger partial charge in [0.15, 0.2) is 0 Å². The first-order valence-electron chi connectivity index (χ1n) is 7.62. The maximum atomic E-state index is 9.33. The Morgan fingerprint density at radius 2 is 1.86 bits per heavy atom. The van der Waals surface area contributed by atoms with Gasteiger partial charge >= 0.3 is 0 Å². The third-order valence-corrected chi connectivity index (χ3v) is 3.60. The number of ether oxygens (including phenoxy) is 1. The highest BCUT2D eigenvalue weighted by Gasteiger charge is 2.15. The van der Waals surface area contributed by atoms with Gasteiger partial charge in [0.05, 0.1) is 6.61 Å². The van der Waals surface area contributed by atoms with Crippen molar-refractivity contribution < 1.29 is 9.84 Å². The SMILES string of the molecule is Cc1cccc(COc2ccccc2CNC(C)(C)CO)c1. The van der Waals surface area contributed by atoms with Crippen LogP contribution in [0.2, 0.25) is 0 Å². The number of para-hydroxylation sites is 1. The van der Waals surface area contributed by atoms with Crippen molar-refractivity contribution in [3.05, 3.63) is 65.2 Å². The number of hydrogen-bond acceptors (Lipinski definition) is 3. The fourth-order valence-corrected chi connectivity index (χ4v) is 2.14. The zero-order valence-corrected chi connectivity index (χ0v) is 13.6. The highest BCUT2D eigenvalue weighted by atomic mass is 16.5. The van der Waals surface area contributed by atoms with Crippen LogP contribution in [-0.4, -0.2) is 17.3 Å². The van der Waals surface area contributed by atoms with E-state index in [0.717, 1.165) is 11.3 Å². The second-order valence-corrected chi connectivity index (χ2v) is 6.28. The Balaban J connectivity index is 2.02. The second kappa shape index (κ2) is 7.43. The van der Waals surface area contributed by atoms with Gasteiger partial charge in [-0.25, -0.2) is 0 Å². The van der Waals surface area contributed by atoms with Crippen molar-refractivity contribution in [2.75, 3.05) is 6.61 Å². The third kappa shape index (κ3) is 4.86. The summed E-state index contributed by atoms with van der Waals surface area (Å²) in [6.45, 7) is 7.35. The lowest BCUT2D eigenvalue weighted by molar-refractivity contribution is 0.186. The highest BCUT2D eigenvalue weighted by Crippen LogP contribution is 2.20. The molecule has 0 saturated carbocycles. The van der Waals surface area contributed by atoms with Crippen LogP contribution in [0.5, 0.6) is 5.75 Å². The van der Waals surface area contributed by atoms with Gasteiger partial charge < -0.3 is 15.2 Å². The van der Waals surface area contributed by atoms with Gasteiger partial charge in [-0.3, -0.25) is 0 Å². The number of aliphatic hydroxyl groups excluding tert-OH is 1. The van der Waals surface area contributed by atoms with E-state index in [4.69, 9.17) is 4.74 Å². The van der Waals surface area contributed by atoms with E-state index >= 15 is 0 Å². The maximum absolute atomic E-state index is 9.33. The van der Waals surface area contributed by atoms with Crippen molar-refractivity contribution in [1.82, 2.24) is 5.32 Å². The van der Waals surface area contributed by atoms with Gasteiger partial charge in [-0.05, 0) is 32.4 Å². The van der Waals surface area contributed by atoms with E-state index in [1.165, 1.54) is 11.1 Å². The number of aryl methyl sites for hydroxylation is 1. The maximum Gasteiger partial charge on any atom is 0.124 e. The zero-order chi connectivity index (χ0) is 16.0. The van der Waals surface area contributed by atoms with Crippen LogP contribution in [0.4, 0.5) is 0 Å². The molecule has 2 N–H and O–H groups in total. The Kier molecular flexibility index (Phi) is 5.58. The van der Waals surface area contributed by atoms with Crippen LogP contribution in [0.1, 0.15) is 30.5 Å². The second-order valence-electron chi connectivity index (χ2n) is 6.28. The van der Waals surface area contributed by atoms with Crippen LogP contribution in [0.3, 0.4) is 0 Å². The summed E-state index contributed by atoms with van der Waals surface area (Å²) >= 11 is 0. The zero-order valence-electron chi connectivity index (χ0n) is 13.6. The van der Waals surface area contributed by atoms with E-state index < -0.39 is 0 Å². The lowest BCUT2D eigenvalue weighted by Crippen LogP contribution is -2.42. The van der Waals surface area contributed by atoms with Crippen LogP contribution in [0.25, 0.3) is 0 Å². The number of benzene rings is 2. The summed E-state index contributed by atoms with van der Waals surface area (Å²) in [5.74, 6) is 0.880. The van der Waals surface area contributed by atoms with Crippen LogP contribution in [0.15, 0.2) is 48.5 Å². The molecule has 3 heteroatoms. The topological polar surface area (TPSA) is 41.5 Å². The molecular formula is C19H25NO2. The summed E-state index contributed by atoms with van der Waals surface area (Å²) in [5.41, 5.74) is 3.19. The Bertz CT molecular complexity index is 608. The first kappa shape index (κ1) is 16.5. The molecule has 2 rings (SSSR count). The fourth-order valence-electron chi connectivity index (χ4n) is 2.14. The van der Waals surface area contributed by atoms with Gasteiger partial charge in [-0.1, -0.05) is 48.0 Å². The Morgan fingerprint density at radius 1 is 1.09 bits per heavy atom. The van der Waals surface area contributed by atoms with Crippen molar-refractivity contribution in [1.29, 1.82) is 0 Å². The van der Waals surface area contributed by atoms with E-state index in [2.05, 4.69) is 30.4 Å². The highest BCUT2D eigenvalue weighted by molar-refractivity contribution is 5.34. The number of rotatable bonds is 7. The summed E-state index contributed by atoms with van der Waals surface area (Å²) < 4.78 is 5.97. The summed E-state index contributed by atoms with van der Waals surface area (Å²) in [7, 11) is 0. The molecule has 2 aromatic carbocycles. The Hall–Kier alpha value is -1.84. The molecule has 0 spiro atoms. The quantitative estimate of drug-likeness (QED) is 0.823. The summed E-state index contributed by atoms with van der Waals surface area (Å²) in [4.78, 5) is 0. The van der Waals surface area contributed by atoms with Crippen molar-refractivity contribution >= 4 is 0 Å². The Morgan fingerprint density at radius 3 is 2.59 bits per heavy atom. The van der Waals surface area contributed by atoms with Crippen LogP contribution < -0.4 is 10.1 Å². The van der Waals surface area contributed by atoms with Crippen molar-refractivity contribution in [3.8, 4) is 5.75 Å². The first-order valence-corrected chi connectivity index (χ1v) is 7.62. The molecular weight excluding hydrogens is 274 g/mol. The summed E-state index contributed by atoms with van der Waals surface area (Å²) in [6, 6.07) is 16.3. The first-order chi connectivity index (χ1) is 10.5. The average Bonchev–Trinajstić information content (AvgIpc) is 2.52. The van der Waals surface area contributed by atoms with Gasteiger partial charge in [0, 0.05) is 17.6 Å². The summed E-state index contributed by atoms with van der Waals surface area (Å²) in [5, 5.41) is 12.7. The molecule has 3 nitrogen and oxygen atoms in total. The predicted molar refractivity (Wildman–Crippen MR) is 90.0 cm³/mol. The van der Waals surface area contributed by atoms with E-state index in [1.807, 2.05) is 44.2 Å². The van der Waals surface area contributed by atoms with Crippen LogP contribution in [0, 0.1) is 6.92 Å². The van der Waals surface area contributed by atoms with E-state index in [9.17, 15) is 5.11 Å². The molecule has 0 heterocycles. The smallest absolute Gasteiger partial charge is 0.124 e. The van der Waals surface area contributed by atoms with E-state index in [1.54, 1.807) is 0 Å². The molecule has 0 aliphatic carbocycles. The molecule has 118 valence electrons. The number of hydrogen-bond donors (Lipinski definition) is 2. The van der Waals surface area contributed by atoms with Crippen molar-refractivity contribution in [2.45, 2.75) is 39.5 Å². The molecule has 0 amide bonds. The minimum atomic E-state index is -0.302. The third-order valence-electron chi connectivity index (χ3n) is 3.60. The van der Waals surface area contributed by atoms with Crippen molar-refractivity contribution in [3.63, 3.8) is 0 Å². The lowest BCUT2D eigenvalue weighted by atomic mass is 10.1. The average molecular weight is 299 g/mol. The minimum Gasteiger partial charge on any atom is -0.489 e. The van der Waals surface area contributed by atoms with Gasteiger partial charge in [0.2, 0.25) is 0 Å². The normalized spacial score (nSPS) is 11.5. The number of nitrogens with one attached hydrogen (secondary N) is 1. The molecule has 0 aliphatic rings. The van der Waals surface area contributed by atoms with Crippen LogP contribution >= 0.6 is 0 Å². The lowest BCUT2D eigenvalue weighted by Gasteiger charge is -2.24. The fraction of sp³-hybridized carbons (Fsp3) is 0.368. The molecule has 0 saturated heterocycles. The summed E-state index contributed by atoms with van der Waals surface area (Å²) in [6.07, 6.45) is 0.